The zero-order chi connectivity index (χ0) is 22.0. The van der Waals surface area contributed by atoms with Gasteiger partial charge in [-0.15, -0.1) is 10.2 Å². The summed E-state index contributed by atoms with van der Waals surface area (Å²) in [5.41, 5.74) is 2.90. The molecule has 4 rings (SSSR count). The second-order valence-corrected chi connectivity index (χ2v) is 7.58. The van der Waals surface area contributed by atoms with Gasteiger partial charge < -0.3 is 19.6 Å². The molecule has 2 heterocycles. The molecule has 0 radical (unpaired) electrons. The summed E-state index contributed by atoms with van der Waals surface area (Å²) in [6.45, 7) is 5.49. The van der Waals surface area contributed by atoms with Gasteiger partial charge in [-0.05, 0) is 36.4 Å². The lowest BCUT2D eigenvalue weighted by Gasteiger charge is -2.10. The second kappa shape index (κ2) is 8.43. The third kappa shape index (κ3) is 4.48. The van der Waals surface area contributed by atoms with Gasteiger partial charge >= 0.3 is 0 Å². The van der Waals surface area contributed by atoms with Gasteiger partial charge in [-0.2, -0.15) is 0 Å². The van der Waals surface area contributed by atoms with E-state index in [1.165, 1.54) is 6.92 Å². The van der Waals surface area contributed by atoms with Gasteiger partial charge in [0.25, 0.3) is 5.89 Å². The summed E-state index contributed by atoms with van der Waals surface area (Å²) in [6.07, 6.45) is 0. The molecule has 0 aliphatic heterocycles. The predicted octanol–water partition coefficient (Wildman–Crippen LogP) is 4.41. The Morgan fingerprint density at radius 3 is 2.32 bits per heavy atom. The number of carbonyl (C=O) groups excluding carboxylic acids is 2. The first kappa shape index (κ1) is 20.3. The van der Waals surface area contributed by atoms with E-state index in [1.807, 2.05) is 48.7 Å². The van der Waals surface area contributed by atoms with Crippen LogP contribution < -0.4 is 10.6 Å². The molecule has 0 bridgehead atoms. The molecule has 0 aliphatic rings. The van der Waals surface area contributed by atoms with Crippen LogP contribution in [-0.4, -0.2) is 26.6 Å². The summed E-state index contributed by atoms with van der Waals surface area (Å²) in [5, 5.41) is 14.9. The Bertz CT molecular complexity index is 1240. The Balaban J connectivity index is 1.59. The van der Waals surface area contributed by atoms with Gasteiger partial charge in [0.1, 0.15) is 12.2 Å². The number of benzene rings is 2. The standard InChI is InChI=1S/C23H23N5O3/c1-14(2)22-26-27-23(31-22)20-12-16-6-4-5-7-19(16)28(20)13-21(30)25-18-10-8-17(9-11-18)24-15(3)29/h4-12,14H,13H2,1-3H3,(H,24,29)(H,25,30). The van der Waals surface area contributed by atoms with E-state index in [2.05, 4.69) is 20.8 Å². The highest BCUT2D eigenvalue weighted by Crippen LogP contribution is 2.29. The average Bonchev–Trinajstić information content (AvgIpc) is 3.35. The highest BCUT2D eigenvalue weighted by molar-refractivity contribution is 5.94. The van der Waals surface area contributed by atoms with Gasteiger partial charge in [0.15, 0.2) is 0 Å². The first-order chi connectivity index (χ1) is 14.9. The number of anilines is 2. The first-order valence-electron chi connectivity index (χ1n) is 10.0. The van der Waals surface area contributed by atoms with Gasteiger partial charge in [-0.25, -0.2) is 0 Å². The monoisotopic (exact) mass is 417 g/mol. The lowest BCUT2D eigenvalue weighted by atomic mass is 10.2. The zero-order valence-corrected chi connectivity index (χ0v) is 17.5. The molecular weight excluding hydrogens is 394 g/mol. The molecule has 8 heteroatoms. The number of rotatable bonds is 6. The van der Waals surface area contributed by atoms with Crippen molar-refractivity contribution in [2.24, 2.45) is 0 Å². The van der Waals surface area contributed by atoms with Gasteiger partial charge in [0.2, 0.25) is 17.7 Å². The SMILES string of the molecule is CC(=O)Nc1ccc(NC(=O)Cn2c(-c3nnc(C(C)C)o3)cc3ccccc32)cc1. The van der Waals surface area contributed by atoms with E-state index >= 15 is 0 Å². The number of amides is 2. The molecule has 0 fully saturated rings. The van der Waals surface area contributed by atoms with Gasteiger partial charge in [0.05, 0.1) is 0 Å². The van der Waals surface area contributed by atoms with Crippen molar-refractivity contribution in [1.29, 1.82) is 0 Å². The Labute approximate surface area is 179 Å². The maximum atomic E-state index is 12.8. The summed E-state index contributed by atoms with van der Waals surface area (Å²) < 4.78 is 7.71. The molecule has 4 aromatic rings. The summed E-state index contributed by atoms with van der Waals surface area (Å²) in [5.74, 6) is 0.703. The van der Waals surface area contributed by atoms with Crippen molar-refractivity contribution in [2.75, 3.05) is 10.6 Å². The molecule has 0 aliphatic carbocycles. The summed E-state index contributed by atoms with van der Waals surface area (Å²) in [7, 11) is 0. The molecule has 0 unspecified atom stereocenters. The van der Waals surface area contributed by atoms with Crippen LogP contribution in [0.15, 0.2) is 59.0 Å². The summed E-state index contributed by atoms with van der Waals surface area (Å²) in [4.78, 5) is 24.0. The zero-order valence-electron chi connectivity index (χ0n) is 17.5. The Kier molecular flexibility index (Phi) is 5.53. The van der Waals surface area contributed by atoms with Crippen LogP contribution >= 0.6 is 0 Å². The molecule has 0 atom stereocenters. The number of hydrogen-bond acceptors (Lipinski definition) is 5. The maximum absolute atomic E-state index is 12.8. The van der Waals surface area contributed by atoms with Crippen molar-refractivity contribution in [3.05, 3.63) is 60.5 Å². The number of aromatic nitrogens is 3. The Morgan fingerprint density at radius 2 is 1.68 bits per heavy atom. The second-order valence-electron chi connectivity index (χ2n) is 7.58. The van der Waals surface area contributed by atoms with Crippen molar-refractivity contribution in [3.8, 4) is 11.6 Å². The van der Waals surface area contributed by atoms with E-state index < -0.39 is 0 Å². The molecule has 2 aromatic carbocycles. The lowest BCUT2D eigenvalue weighted by Crippen LogP contribution is -2.19. The fourth-order valence-corrected chi connectivity index (χ4v) is 3.31. The minimum absolute atomic E-state index is 0.0791. The van der Waals surface area contributed by atoms with Crippen LogP contribution in [-0.2, 0) is 16.1 Å². The summed E-state index contributed by atoms with van der Waals surface area (Å²) in [6, 6.07) is 16.7. The van der Waals surface area contributed by atoms with Crippen LogP contribution in [0, 0.1) is 0 Å². The van der Waals surface area contributed by atoms with Gasteiger partial charge in [-0.1, -0.05) is 32.0 Å². The molecule has 8 nitrogen and oxygen atoms in total. The van der Waals surface area contributed by atoms with E-state index in [9.17, 15) is 9.59 Å². The third-order valence-corrected chi connectivity index (χ3v) is 4.75. The minimum Gasteiger partial charge on any atom is -0.419 e. The van der Waals surface area contributed by atoms with E-state index in [4.69, 9.17) is 4.42 Å². The summed E-state index contributed by atoms with van der Waals surface area (Å²) >= 11 is 0. The fraction of sp³-hybridized carbons (Fsp3) is 0.217. The molecule has 2 N–H and O–H groups in total. The number of hydrogen-bond donors (Lipinski definition) is 2. The van der Waals surface area contributed by atoms with Gasteiger partial charge in [-0.3, -0.25) is 9.59 Å². The number of nitrogens with zero attached hydrogens (tertiary/aromatic N) is 3. The first-order valence-corrected chi connectivity index (χ1v) is 10.0. The highest BCUT2D eigenvalue weighted by atomic mass is 16.4. The highest BCUT2D eigenvalue weighted by Gasteiger charge is 2.19. The van der Waals surface area contributed by atoms with Crippen LogP contribution in [0.1, 0.15) is 32.6 Å². The van der Waals surface area contributed by atoms with E-state index in [1.54, 1.807) is 24.3 Å². The number of fused-ring (bicyclic) bond motifs is 1. The normalized spacial score (nSPS) is 11.1. The van der Waals surface area contributed by atoms with Crippen molar-refractivity contribution in [2.45, 2.75) is 33.2 Å². The molecule has 31 heavy (non-hydrogen) atoms. The van der Waals surface area contributed by atoms with Crippen LogP contribution in [0.2, 0.25) is 0 Å². The van der Waals surface area contributed by atoms with Crippen LogP contribution in [0.3, 0.4) is 0 Å². The molecule has 0 spiro atoms. The Hall–Kier alpha value is -3.94. The lowest BCUT2D eigenvalue weighted by molar-refractivity contribution is -0.116. The van der Waals surface area contributed by atoms with Crippen LogP contribution in [0.5, 0.6) is 0 Å². The average molecular weight is 417 g/mol. The fourth-order valence-electron chi connectivity index (χ4n) is 3.31. The van der Waals surface area contributed by atoms with E-state index in [0.29, 0.717) is 28.9 Å². The van der Waals surface area contributed by atoms with E-state index in [-0.39, 0.29) is 24.3 Å². The molecule has 0 saturated heterocycles. The van der Waals surface area contributed by atoms with Crippen LogP contribution in [0.4, 0.5) is 11.4 Å². The molecule has 2 amide bonds. The topological polar surface area (TPSA) is 102 Å². The molecular formula is C23H23N5O3. The quantitative estimate of drug-likeness (QED) is 0.484. The number of para-hydroxylation sites is 1. The number of nitrogens with one attached hydrogen (secondary N) is 2. The molecule has 0 saturated carbocycles. The number of carbonyl (C=O) groups is 2. The minimum atomic E-state index is -0.196. The van der Waals surface area contributed by atoms with E-state index in [0.717, 1.165) is 10.9 Å². The van der Waals surface area contributed by atoms with Crippen molar-refractivity contribution < 1.29 is 14.0 Å². The third-order valence-electron chi connectivity index (χ3n) is 4.75. The van der Waals surface area contributed by atoms with Crippen molar-refractivity contribution in [1.82, 2.24) is 14.8 Å². The predicted molar refractivity (Wildman–Crippen MR) is 119 cm³/mol. The Morgan fingerprint density at radius 1 is 1.00 bits per heavy atom. The maximum Gasteiger partial charge on any atom is 0.264 e. The largest absolute Gasteiger partial charge is 0.419 e. The van der Waals surface area contributed by atoms with Crippen LogP contribution in [0.25, 0.3) is 22.5 Å². The molecule has 158 valence electrons. The molecule has 2 aromatic heterocycles. The van der Waals surface area contributed by atoms with Gasteiger partial charge in [0, 0.05) is 35.1 Å². The smallest absolute Gasteiger partial charge is 0.264 e. The van der Waals surface area contributed by atoms with Crippen molar-refractivity contribution in [3.63, 3.8) is 0 Å². The van der Waals surface area contributed by atoms with Crippen molar-refractivity contribution >= 4 is 34.1 Å².